The zero-order valence-electron chi connectivity index (χ0n) is 14.7. The normalized spacial score (nSPS) is 12.5. The van der Waals surface area contributed by atoms with E-state index < -0.39 is 0 Å². The molecule has 1 aromatic heterocycles. The first kappa shape index (κ1) is 18.1. The van der Waals surface area contributed by atoms with Gasteiger partial charge < -0.3 is 15.2 Å². The molecule has 130 valence electrons. The van der Waals surface area contributed by atoms with E-state index >= 15 is 0 Å². The highest BCUT2D eigenvalue weighted by atomic mass is 16.2. The van der Waals surface area contributed by atoms with E-state index in [9.17, 15) is 9.59 Å². The van der Waals surface area contributed by atoms with Crippen LogP contribution in [0.25, 0.3) is 10.9 Å². The fourth-order valence-electron chi connectivity index (χ4n) is 2.77. The quantitative estimate of drug-likeness (QED) is 0.664. The molecule has 1 aromatic carbocycles. The molecule has 3 N–H and O–H groups in total. The van der Waals surface area contributed by atoms with Crippen molar-refractivity contribution < 1.29 is 9.69 Å². The van der Waals surface area contributed by atoms with Crippen LogP contribution >= 0.6 is 0 Å². The SMILES string of the molecule is CCC(CC)NC(=O)C[NH+](CC)Cc1nc2ccccc2c(=O)[nH]1. The molecule has 0 saturated carbocycles. The van der Waals surface area contributed by atoms with Crippen LogP contribution in [0.15, 0.2) is 29.1 Å². The van der Waals surface area contributed by atoms with E-state index in [-0.39, 0.29) is 17.5 Å². The fraction of sp³-hybridized carbons (Fsp3) is 0.500. The second-order valence-corrected chi connectivity index (χ2v) is 6.07. The number of aromatic amines is 1. The van der Waals surface area contributed by atoms with Crippen LogP contribution in [-0.4, -0.2) is 35.0 Å². The minimum Gasteiger partial charge on any atom is -0.349 e. The molecule has 1 amide bonds. The van der Waals surface area contributed by atoms with E-state index in [2.05, 4.69) is 29.1 Å². The summed E-state index contributed by atoms with van der Waals surface area (Å²) in [6, 6.07) is 7.52. The molecule has 2 aromatic rings. The molecule has 1 atom stereocenters. The van der Waals surface area contributed by atoms with Crippen LogP contribution in [0.2, 0.25) is 0 Å². The van der Waals surface area contributed by atoms with Crippen LogP contribution in [0, 0.1) is 0 Å². The van der Waals surface area contributed by atoms with Gasteiger partial charge in [0, 0.05) is 6.04 Å². The highest BCUT2D eigenvalue weighted by molar-refractivity contribution is 5.77. The van der Waals surface area contributed by atoms with Crippen LogP contribution in [0.1, 0.15) is 39.4 Å². The summed E-state index contributed by atoms with van der Waals surface area (Å²) >= 11 is 0. The molecule has 0 aliphatic heterocycles. The lowest BCUT2D eigenvalue weighted by Crippen LogP contribution is -3.11. The maximum Gasteiger partial charge on any atom is 0.275 e. The Labute approximate surface area is 142 Å². The molecule has 0 spiro atoms. The molecule has 0 bridgehead atoms. The van der Waals surface area contributed by atoms with Crippen LogP contribution in [-0.2, 0) is 11.3 Å². The van der Waals surface area contributed by atoms with Gasteiger partial charge in [0.2, 0.25) is 0 Å². The standard InChI is InChI=1S/C18H26N4O2/c1-4-13(5-2)19-17(23)12-22(6-3)11-16-20-15-10-8-7-9-14(15)18(24)21-16/h7-10,13H,4-6,11-12H2,1-3H3,(H,19,23)(H,20,21,24)/p+1. The molecule has 0 fully saturated rings. The summed E-state index contributed by atoms with van der Waals surface area (Å²) in [6.45, 7) is 7.85. The largest absolute Gasteiger partial charge is 0.349 e. The molecular formula is C18H27N4O2+. The third kappa shape index (κ3) is 4.64. The lowest BCUT2D eigenvalue weighted by molar-refractivity contribution is -0.904. The average Bonchev–Trinajstić information content (AvgIpc) is 2.59. The van der Waals surface area contributed by atoms with Crippen LogP contribution < -0.4 is 15.8 Å². The van der Waals surface area contributed by atoms with E-state index in [0.717, 1.165) is 24.3 Å². The molecule has 0 radical (unpaired) electrons. The van der Waals surface area contributed by atoms with Crippen molar-refractivity contribution >= 4 is 16.8 Å². The number of rotatable bonds is 8. The zero-order chi connectivity index (χ0) is 17.5. The highest BCUT2D eigenvalue weighted by Crippen LogP contribution is 2.04. The summed E-state index contributed by atoms with van der Waals surface area (Å²) < 4.78 is 0. The van der Waals surface area contributed by atoms with Gasteiger partial charge in [0.25, 0.3) is 11.5 Å². The number of para-hydroxylation sites is 1. The van der Waals surface area contributed by atoms with Crippen molar-refractivity contribution in [1.29, 1.82) is 0 Å². The Morgan fingerprint density at radius 3 is 2.62 bits per heavy atom. The Bertz CT molecular complexity index is 737. The fourth-order valence-corrected chi connectivity index (χ4v) is 2.77. The number of hydrogen-bond acceptors (Lipinski definition) is 3. The first-order valence-electron chi connectivity index (χ1n) is 8.68. The van der Waals surface area contributed by atoms with Crippen molar-refractivity contribution in [3.8, 4) is 0 Å². The number of aromatic nitrogens is 2. The van der Waals surface area contributed by atoms with Gasteiger partial charge in [-0.1, -0.05) is 26.0 Å². The zero-order valence-corrected chi connectivity index (χ0v) is 14.7. The number of nitrogens with zero attached hydrogens (tertiary/aromatic N) is 1. The van der Waals surface area contributed by atoms with Crippen LogP contribution in [0.3, 0.4) is 0 Å². The predicted molar refractivity (Wildman–Crippen MR) is 95.0 cm³/mol. The molecule has 0 aliphatic carbocycles. The smallest absolute Gasteiger partial charge is 0.275 e. The number of amides is 1. The van der Waals surface area contributed by atoms with Crippen molar-refractivity contribution in [2.75, 3.05) is 13.1 Å². The molecule has 6 nitrogen and oxygen atoms in total. The van der Waals surface area contributed by atoms with Crippen molar-refractivity contribution in [3.63, 3.8) is 0 Å². The third-order valence-corrected chi connectivity index (χ3v) is 4.34. The summed E-state index contributed by atoms with van der Waals surface area (Å²) in [7, 11) is 0. The van der Waals surface area contributed by atoms with Gasteiger partial charge >= 0.3 is 0 Å². The number of hydrogen-bond donors (Lipinski definition) is 3. The second kappa shape index (κ2) is 8.59. The lowest BCUT2D eigenvalue weighted by Gasteiger charge is -2.19. The van der Waals surface area contributed by atoms with Crippen LogP contribution in [0.4, 0.5) is 0 Å². The molecule has 6 heteroatoms. The highest BCUT2D eigenvalue weighted by Gasteiger charge is 2.17. The summed E-state index contributed by atoms with van der Waals surface area (Å²) in [5.41, 5.74) is 0.556. The number of H-pyrrole nitrogens is 1. The number of fused-ring (bicyclic) bond motifs is 1. The second-order valence-electron chi connectivity index (χ2n) is 6.07. The number of likely N-dealkylation sites (N-methyl/N-ethyl adjacent to an activating group) is 1. The molecule has 0 saturated heterocycles. The molecule has 24 heavy (non-hydrogen) atoms. The molecule has 2 rings (SSSR count). The Morgan fingerprint density at radius 2 is 1.96 bits per heavy atom. The topological polar surface area (TPSA) is 79.3 Å². The molecule has 0 aliphatic rings. The predicted octanol–water partition coefficient (Wildman–Crippen LogP) is 0.633. The Morgan fingerprint density at radius 1 is 1.25 bits per heavy atom. The van der Waals surface area contributed by atoms with Crippen molar-refractivity contribution in [1.82, 2.24) is 15.3 Å². The van der Waals surface area contributed by atoms with E-state index in [1.54, 1.807) is 6.07 Å². The first-order valence-corrected chi connectivity index (χ1v) is 8.68. The van der Waals surface area contributed by atoms with Gasteiger partial charge in [-0.15, -0.1) is 0 Å². The van der Waals surface area contributed by atoms with Crippen molar-refractivity contribution in [2.45, 2.75) is 46.2 Å². The molecule has 1 unspecified atom stereocenters. The number of quaternary nitrogens is 1. The summed E-state index contributed by atoms with van der Waals surface area (Å²) in [4.78, 5) is 32.7. The van der Waals surface area contributed by atoms with E-state index in [1.165, 1.54) is 0 Å². The van der Waals surface area contributed by atoms with Gasteiger partial charge in [-0.25, -0.2) is 4.98 Å². The van der Waals surface area contributed by atoms with Gasteiger partial charge in [0.05, 0.1) is 17.4 Å². The Hall–Kier alpha value is -2.21. The van der Waals surface area contributed by atoms with Crippen molar-refractivity contribution in [3.05, 3.63) is 40.4 Å². The maximum atomic E-state index is 12.2. The molecule has 1 heterocycles. The number of carbonyl (C=O) groups excluding carboxylic acids is 1. The Kier molecular flexibility index (Phi) is 6.49. The van der Waals surface area contributed by atoms with Gasteiger partial charge in [-0.05, 0) is 31.9 Å². The van der Waals surface area contributed by atoms with E-state index in [0.29, 0.717) is 29.8 Å². The number of nitrogens with one attached hydrogen (secondary N) is 3. The molecular weight excluding hydrogens is 304 g/mol. The minimum absolute atomic E-state index is 0.0451. The van der Waals surface area contributed by atoms with Crippen LogP contribution in [0.5, 0.6) is 0 Å². The first-order chi connectivity index (χ1) is 11.6. The summed E-state index contributed by atoms with van der Waals surface area (Å²) in [5, 5.41) is 3.64. The van der Waals surface area contributed by atoms with Gasteiger partial charge in [-0.3, -0.25) is 9.59 Å². The lowest BCUT2D eigenvalue weighted by atomic mass is 10.2. The van der Waals surface area contributed by atoms with E-state index in [1.807, 2.05) is 25.1 Å². The third-order valence-electron chi connectivity index (χ3n) is 4.34. The minimum atomic E-state index is -0.132. The number of benzene rings is 1. The summed E-state index contributed by atoms with van der Waals surface area (Å²) in [6.07, 6.45) is 1.87. The monoisotopic (exact) mass is 331 g/mol. The van der Waals surface area contributed by atoms with Gasteiger partial charge in [-0.2, -0.15) is 0 Å². The number of carbonyl (C=O) groups is 1. The average molecular weight is 331 g/mol. The van der Waals surface area contributed by atoms with Gasteiger partial charge in [0.15, 0.2) is 12.4 Å². The maximum absolute atomic E-state index is 12.2. The van der Waals surface area contributed by atoms with Crippen molar-refractivity contribution in [2.24, 2.45) is 0 Å². The van der Waals surface area contributed by atoms with E-state index in [4.69, 9.17) is 0 Å². The Balaban J connectivity index is 2.07. The summed E-state index contributed by atoms with van der Waals surface area (Å²) in [5.74, 6) is 0.662. The van der Waals surface area contributed by atoms with Gasteiger partial charge in [0.1, 0.15) is 6.54 Å².